The van der Waals surface area contributed by atoms with Gasteiger partial charge in [0.25, 0.3) is 5.69 Å². The lowest BCUT2D eigenvalue weighted by molar-refractivity contribution is -0.384. The molecule has 0 radical (unpaired) electrons. The highest BCUT2D eigenvalue weighted by molar-refractivity contribution is 7.91. The number of nitrogens with zero attached hydrogens (tertiary/aromatic N) is 1. The number of hydrogen-bond acceptors (Lipinski definition) is 5. The smallest absolute Gasteiger partial charge is 0.341 e. The summed E-state index contributed by atoms with van der Waals surface area (Å²) in [4.78, 5) is 9.50. The van der Waals surface area contributed by atoms with Gasteiger partial charge in [-0.15, -0.1) is 0 Å². The monoisotopic (exact) mass is 388 g/mol. The number of hydrogen-bond donors (Lipinski definition) is 1. The number of anilines is 1. The van der Waals surface area contributed by atoms with Crippen molar-refractivity contribution in [1.82, 2.24) is 0 Å². The van der Waals surface area contributed by atoms with Crippen molar-refractivity contribution in [2.24, 2.45) is 0 Å². The fraction of sp³-hybridized carbons (Fsp3) is 0.250. The van der Waals surface area contributed by atoms with Gasteiger partial charge in [-0.3, -0.25) is 10.1 Å². The minimum Gasteiger partial charge on any atom is -0.377 e. The molecule has 0 aromatic heterocycles. The number of nitrogens with one attached hydrogen (secondary N) is 1. The number of rotatable bonds is 7. The van der Waals surface area contributed by atoms with E-state index < -0.39 is 36.9 Å². The largest absolute Gasteiger partial charge is 0.377 e. The second-order valence-corrected chi connectivity index (χ2v) is 7.54. The van der Waals surface area contributed by atoms with E-state index in [9.17, 15) is 31.7 Å². The van der Waals surface area contributed by atoms with Crippen LogP contribution in [-0.2, 0) is 16.3 Å². The summed E-state index contributed by atoms with van der Waals surface area (Å²) < 4.78 is 61.4. The standard InChI is InChI=1S/C16H15F3N2O4S/c1-10(7-11-3-2-4-12(17)8-11)20-14-6-5-13(9-15(14)21(22)23)26(24,25)16(18)19/h2-6,8-10,16,20H,7H2,1H3. The van der Waals surface area contributed by atoms with Crippen LogP contribution in [0.3, 0.4) is 0 Å². The van der Waals surface area contributed by atoms with Crippen LogP contribution in [0, 0.1) is 15.9 Å². The van der Waals surface area contributed by atoms with Gasteiger partial charge in [-0.25, -0.2) is 12.8 Å². The Morgan fingerprint density at radius 3 is 2.46 bits per heavy atom. The van der Waals surface area contributed by atoms with E-state index in [-0.39, 0.29) is 11.7 Å². The number of alkyl halides is 2. The molecule has 1 atom stereocenters. The molecule has 10 heteroatoms. The second kappa shape index (κ2) is 7.73. The van der Waals surface area contributed by atoms with Gasteiger partial charge in [0, 0.05) is 12.1 Å². The van der Waals surface area contributed by atoms with E-state index in [0.717, 1.165) is 12.1 Å². The van der Waals surface area contributed by atoms with Crippen LogP contribution in [0.1, 0.15) is 12.5 Å². The van der Waals surface area contributed by atoms with Gasteiger partial charge >= 0.3 is 5.76 Å². The minimum atomic E-state index is -4.94. The third-order valence-corrected chi connectivity index (χ3v) is 4.94. The quantitative estimate of drug-likeness (QED) is 0.576. The number of nitro benzene ring substituents is 1. The number of benzene rings is 2. The number of nitro groups is 1. The normalized spacial score (nSPS) is 12.8. The Balaban J connectivity index is 2.27. The van der Waals surface area contributed by atoms with Crippen molar-refractivity contribution in [2.45, 2.75) is 30.0 Å². The van der Waals surface area contributed by atoms with E-state index in [1.165, 1.54) is 18.2 Å². The molecule has 0 aliphatic heterocycles. The predicted molar refractivity (Wildman–Crippen MR) is 89.5 cm³/mol. The fourth-order valence-corrected chi connectivity index (χ4v) is 3.14. The summed E-state index contributed by atoms with van der Waals surface area (Å²) in [5.41, 5.74) is -0.00510. The summed E-state index contributed by atoms with van der Waals surface area (Å²) >= 11 is 0. The lowest BCUT2D eigenvalue weighted by Gasteiger charge is -2.16. The Hall–Kier alpha value is -2.62. The Labute approximate surface area is 147 Å². The third-order valence-electron chi connectivity index (χ3n) is 3.56. The van der Waals surface area contributed by atoms with Crippen LogP contribution in [0.15, 0.2) is 47.4 Å². The average molecular weight is 388 g/mol. The first-order valence-electron chi connectivity index (χ1n) is 7.42. The Morgan fingerprint density at radius 2 is 1.88 bits per heavy atom. The molecule has 0 saturated heterocycles. The summed E-state index contributed by atoms with van der Waals surface area (Å²) in [6.45, 7) is 1.69. The molecule has 0 aliphatic carbocycles. The maximum atomic E-state index is 13.2. The highest BCUT2D eigenvalue weighted by Crippen LogP contribution is 2.30. The molecule has 2 aromatic rings. The molecule has 0 amide bonds. The zero-order chi connectivity index (χ0) is 19.5. The van der Waals surface area contributed by atoms with Crippen molar-refractivity contribution < 1.29 is 26.5 Å². The molecule has 0 fully saturated rings. The molecule has 0 bridgehead atoms. The molecular formula is C16H15F3N2O4S. The molecule has 1 N–H and O–H groups in total. The van der Waals surface area contributed by atoms with E-state index in [0.29, 0.717) is 18.1 Å². The lowest BCUT2D eigenvalue weighted by Crippen LogP contribution is -2.19. The van der Waals surface area contributed by atoms with Crippen LogP contribution in [0.4, 0.5) is 24.5 Å². The topological polar surface area (TPSA) is 89.3 Å². The fourth-order valence-electron chi connectivity index (χ4n) is 2.40. The van der Waals surface area contributed by atoms with Crippen LogP contribution in [0.25, 0.3) is 0 Å². The minimum absolute atomic E-state index is 0.0212. The molecule has 140 valence electrons. The van der Waals surface area contributed by atoms with Crippen LogP contribution in [0.2, 0.25) is 0 Å². The average Bonchev–Trinajstić information content (AvgIpc) is 2.54. The van der Waals surface area contributed by atoms with Gasteiger partial charge in [-0.1, -0.05) is 12.1 Å². The molecule has 0 saturated carbocycles. The van der Waals surface area contributed by atoms with E-state index in [1.807, 2.05) is 0 Å². The van der Waals surface area contributed by atoms with E-state index in [4.69, 9.17) is 0 Å². The molecule has 2 rings (SSSR count). The zero-order valence-electron chi connectivity index (χ0n) is 13.5. The van der Waals surface area contributed by atoms with Crippen molar-refractivity contribution in [3.63, 3.8) is 0 Å². The van der Waals surface area contributed by atoms with Crippen molar-refractivity contribution in [1.29, 1.82) is 0 Å². The molecular weight excluding hydrogens is 373 g/mol. The van der Waals surface area contributed by atoms with Crippen LogP contribution >= 0.6 is 0 Å². The molecule has 1 unspecified atom stereocenters. The summed E-state index contributed by atoms with van der Waals surface area (Å²) in [6.07, 6.45) is 0.339. The van der Waals surface area contributed by atoms with Gasteiger partial charge in [0.2, 0.25) is 9.84 Å². The Morgan fingerprint density at radius 1 is 1.19 bits per heavy atom. The molecule has 6 nitrogen and oxygen atoms in total. The highest BCUT2D eigenvalue weighted by Gasteiger charge is 2.29. The van der Waals surface area contributed by atoms with Crippen molar-refractivity contribution >= 4 is 21.2 Å². The van der Waals surface area contributed by atoms with Crippen molar-refractivity contribution in [2.75, 3.05) is 5.32 Å². The number of sulfone groups is 1. The van der Waals surface area contributed by atoms with Gasteiger partial charge in [-0.2, -0.15) is 8.78 Å². The second-order valence-electron chi connectivity index (χ2n) is 5.62. The Bertz CT molecular complexity index is 919. The molecule has 26 heavy (non-hydrogen) atoms. The van der Waals surface area contributed by atoms with E-state index >= 15 is 0 Å². The van der Waals surface area contributed by atoms with Crippen LogP contribution in [-0.4, -0.2) is 25.1 Å². The number of halogens is 3. The van der Waals surface area contributed by atoms with Gasteiger partial charge in [-0.05, 0) is 43.2 Å². The van der Waals surface area contributed by atoms with Gasteiger partial charge in [0.15, 0.2) is 0 Å². The van der Waals surface area contributed by atoms with E-state index in [2.05, 4.69) is 5.32 Å². The van der Waals surface area contributed by atoms with Gasteiger partial charge < -0.3 is 5.32 Å². The van der Waals surface area contributed by atoms with Crippen molar-refractivity contribution in [3.8, 4) is 0 Å². The predicted octanol–water partition coefficient (Wildman–Crippen LogP) is 3.77. The van der Waals surface area contributed by atoms with Crippen LogP contribution in [0.5, 0.6) is 0 Å². The first-order valence-corrected chi connectivity index (χ1v) is 8.97. The highest BCUT2D eigenvalue weighted by atomic mass is 32.2. The summed E-state index contributed by atoms with van der Waals surface area (Å²) in [5, 5.41) is 14.0. The zero-order valence-corrected chi connectivity index (χ0v) is 14.3. The maximum absolute atomic E-state index is 13.2. The first kappa shape index (κ1) is 19.7. The SMILES string of the molecule is CC(Cc1cccc(F)c1)Nc1ccc(S(=O)(=O)C(F)F)cc1[N+](=O)[O-]. The van der Waals surface area contributed by atoms with Crippen LogP contribution < -0.4 is 5.32 Å². The molecule has 2 aromatic carbocycles. The summed E-state index contributed by atoms with van der Waals surface area (Å²) in [7, 11) is -4.94. The molecule has 0 heterocycles. The van der Waals surface area contributed by atoms with E-state index in [1.54, 1.807) is 13.0 Å². The third kappa shape index (κ3) is 4.51. The first-order chi connectivity index (χ1) is 12.1. The summed E-state index contributed by atoms with van der Waals surface area (Å²) in [6, 6.07) is 8.00. The molecule has 0 aliphatic rings. The Kier molecular flexibility index (Phi) is 5.86. The maximum Gasteiger partial charge on any atom is 0.341 e. The lowest BCUT2D eigenvalue weighted by atomic mass is 10.1. The van der Waals surface area contributed by atoms with Gasteiger partial charge in [0.1, 0.15) is 11.5 Å². The van der Waals surface area contributed by atoms with Gasteiger partial charge in [0.05, 0.1) is 9.82 Å². The summed E-state index contributed by atoms with van der Waals surface area (Å²) in [5.74, 6) is -4.09. The molecule has 0 spiro atoms. The van der Waals surface area contributed by atoms with Crippen molar-refractivity contribution in [3.05, 3.63) is 64.0 Å².